The third kappa shape index (κ3) is 4.60. The highest BCUT2D eigenvalue weighted by atomic mass is 19.1. The number of aliphatic hydroxyl groups is 1. The van der Waals surface area contributed by atoms with Gasteiger partial charge in [-0.2, -0.15) is 0 Å². The summed E-state index contributed by atoms with van der Waals surface area (Å²) in [6.45, 7) is -0.0689. The van der Waals surface area contributed by atoms with Crippen LogP contribution in [0.2, 0.25) is 0 Å². The lowest BCUT2D eigenvalue weighted by Crippen LogP contribution is -2.34. The molecule has 0 spiro atoms. The van der Waals surface area contributed by atoms with Crippen LogP contribution in [-0.4, -0.2) is 42.3 Å². The number of non-ortho nitro benzene ring substituents is 1. The van der Waals surface area contributed by atoms with Crippen LogP contribution in [0.3, 0.4) is 0 Å². The fourth-order valence-corrected chi connectivity index (χ4v) is 1.37. The van der Waals surface area contributed by atoms with Crippen molar-refractivity contribution in [3.8, 4) is 0 Å². The smallest absolute Gasteiger partial charge is 0.273 e. The lowest BCUT2D eigenvalue weighted by atomic mass is 10.2. The van der Waals surface area contributed by atoms with E-state index in [4.69, 9.17) is 0 Å². The summed E-state index contributed by atoms with van der Waals surface area (Å²) in [6, 6.07) is 2.56. The molecule has 1 rings (SSSR count). The molecule has 0 saturated heterocycles. The topological polar surface area (TPSA) is 102 Å². The predicted octanol–water partition coefficient (Wildman–Crippen LogP) is 0.471. The summed E-state index contributed by atoms with van der Waals surface area (Å²) in [5.41, 5.74) is -0.695. The number of hydrogen-bond acceptors (Lipinski definition) is 5. The molecule has 8 heteroatoms. The number of nitrogens with zero attached hydrogens (tertiary/aromatic N) is 1. The molecule has 0 radical (unpaired) electrons. The van der Waals surface area contributed by atoms with Crippen LogP contribution in [0.1, 0.15) is 10.4 Å². The van der Waals surface area contributed by atoms with Gasteiger partial charge in [-0.15, -0.1) is 0 Å². The maximum Gasteiger partial charge on any atom is 0.273 e. The van der Waals surface area contributed by atoms with Crippen molar-refractivity contribution in [2.75, 3.05) is 20.3 Å². The second-order valence-electron chi connectivity index (χ2n) is 3.77. The summed E-state index contributed by atoms with van der Waals surface area (Å²) < 4.78 is 17.8. The van der Waals surface area contributed by atoms with Crippen molar-refractivity contribution >= 4 is 11.6 Å². The quantitative estimate of drug-likeness (QED) is 0.579. The number of nitro groups is 1. The van der Waals surface area contributed by atoms with Crippen LogP contribution < -0.4 is 5.32 Å². The molecule has 0 fully saturated rings. The number of ether oxygens (including phenoxy) is 1. The second-order valence-corrected chi connectivity index (χ2v) is 3.77. The molecule has 2 N–H and O–H groups in total. The van der Waals surface area contributed by atoms with E-state index in [2.05, 4.69) is 10.1 Å². The van der Waals surface area contributed by atoms with Crippen LogP contribution >= 0.6 is 0 Å². The monoisotopic (exact) mass is 272 g/mol. The highest BCUT2D eigenvalue weighted by Gasteiger charge is 2.15. The van der Waals surface area contributed by atoms with Crippen molar-refractivity contribution in [3.05, 3.63) is 39.7 Å². The van der Waals surface area contributed by atoms with E-state index < -0.39 is 28.4 Å². The SMILES string of the molecule is COCC(O)CNC(=O)c1cc(F)cc([N+](=O)[O-])c1. The van der Waals surface area contributed by atoms with E-state index in [0.29, 0.717) is 0 Å². The molecule has 0 aliphatic rings. The Labute approximate surface area is 108 Å². The van der Waals surface area contributed by atoms with Crippen molar-refractivity contribution in [3.63, 3.8) is 0 Å². The Morgan fingerprint density at radius 3 is 2.84 bits per heavy atom. The fraction of sp³-hybridized carbons (Fsp3) is 0.364. The largest absolute Gasteiger partial charge is 0.389 e. The van der Waals surface area contributed by atoms with E-state index in [0.717, 1.165) is 18.2 Å². The number of carbonyl (C=O) groups excluding carboxylic acids is 1. The Morgan fingerprint density at radius 2 is 2.26 bits per heavy atom. The highest BCUT2D eigenvalue weighted by Crippen LogP contribution is 2.16. The van der Waals surface area contributed by atoms with E-state index in [9.17, 15) is 24.4 Å². The first-order chi connectivity index (χ1) is 8.93. The van der Waals surface area contributed by atoms with Crippen molar-refractivity contribution in [1.82, 2.24) is 5.32 Å². The van der Waals surface area contributed by atoms with Crippen LogP contribution in [0.15, 0.2) is 18.2 Å². The Balaban J connectivity index is 2.74. The van der Waals surface area contributed by atoms with Crippen LogP contribution in [0, 0.1) is 15.9 Å². The van der Waals surface area contributed by atoms with Crippen molar-refractivity contribution in [1.29, 1.82) is 0 Å². The maximum absolute atomic E-state index is 13.1. The van der Waals surface area contributed by atoms with Crippen molar-refractivity contribution in [2.45, 2.75) is 6.10 Å². The van der Waals surface area contributed by atoms with Gasteiger partial charge in [0.25, 0.3) is 11.6 Å². The van der Waals surface area contributed by atoms with Gasteiger partial charge in [-0.25, -0.2) is 4.39 Å². The minimum Gasteiger partial charge on any atom is -0.389 e. The zero-order valence-electron chi connectivity index (χ0n) is 10.1. The molecule has 0 aromatic heterocycles. The number of amides is 1. The Bertz CT molecular complexity index is 480. The number of methoxy groups -OCH3 is 1. The number of nitro benzene ring substituents is 1. The average Bonchev–Trinajstić information content (AvgIpc) is 2.35. The molecular weight excluding hydrogens is 259 g/mol. The number of aliphatic hydroxyl groups excluding tert-OH is 1. The minimum absolute atomic E-state index is 0.0313. The van der Waals surface area contributed by atoms with Crippen LogP contribution in [-0.2, 0) is 4.74 Å². The first-order valence-corrected chi connectivity index (χ1v) is 5.34. The van der Waals surface area contributed by atoms with Gasteiger partial charge in [-0.1, -0.05) is 0 Å². The maximum atomic E-state index is 13.1. The third-order valence-corrected chi connectivity index (χ3v) is 2.21. The zero-order chi connectivity index (χ0) is 14.4. The van der Waals surface area contributed by atoms with Gasteiger partial charge in [-0.05, 0) is 6.07 Å². The van der Waals surface area contributed by atoms with Crippen LogP contribution in [0.5, 0.6) is 0 Å². The second kappa shape index (κ2) is 6.76. The average molecular weight is 272 g/mol. The first-order valence-electron chi connectivity index (χ1n) is 5.34. The number of carbonyl (C=O) groups is 1. The number of halogens is 1. The van der Waals surface area contributed by atoms with Crippen molar-refractivity contribution < 1.29 is 24.0 Å². The molecule has 1 aromatic rings. The molecule has 19 heavy (non-hydrogen) atoms. The first kappa shape index (κ1) is 15.0. The molecule has 0 aliphatic carbocycles. The lowest BCUT2D eigenvalue weighted by molar-refractivity contribution is -0.385. The van der Waals surface area contributed by atoms with Gasteiger partial charge in [0.05, 0.1) is 23.7 Å². The summed E-state index contributed by atoms with van der Waals surface area (Å²) in [7, 11) is 1.39. The third-order valence-electron chi connectivity index (χ3n) is 2.21. The molecule has 0 saturated carbocycles. The molecule has 1 aromatic carbocycles. The van der Waals surface area contributed by atoms with Gasteiger partial charge in [0.2, 0.25) is 0 Å². The number of rotatable bonds is 6. The minimum atomic E-state index is -0.905. The predicted molar refractivity (Wildman–Crippen MR) is 63.3 cm³/mol. The van der Waals surface area contributed by atoms with Gasteiger partial charge in [0.1, 0.15) is 5.82 Å². The molecule has 1 amide bonds. The molecule has 1 unspecified atom stereocenters. The van der Waals surface area contributed by atoms with E-state index in [1.807, 2.05) is 0 Å². The van der Waals surface area contributed by atoms with Gasteiger partial charge in [0, 0.05) is 25.3 Å². The Morgan fingerprint density at radius 1 is 1.58 bits per heavy atom. The molecule has 104 valence electrons. The lowest BCUT2D eigenvalue weighted by Gasteiger charge is -2.10. The van der Waals surface area contributed by atoms with Gasteiger partial charge < -0.3 is 15.2 Å². The number of hydrogen-bond donors (Lipinski definition) is 2. The Kier molecular flexibility index (Phi) is 5.34. The van der Waals surface area contributed by atoms with E-state index in [-0.39, 0.29) is 18.7 Å². The Hall–Kier alpha value is -2.06. The number of benzene rings is 1. The molecule has 0 heterocycles. The standard InChI is InChI=1S/C11H13FN2O5/c1-19-6-10(15)5-13-11(16)7-2-8(12)4-9(3-7)14(17)18/h2-4,10,15H,5-6H2,1H3,(H,13,16). The summed E-state index contributed by atoms with van der Waals surface area (Å²) in [5, 5.41) is 22.2. The zero-order valence-corrected chi connectivity index (χ0v) is 10.1. The van der Waals surface area contributed by atoms with Gasteiger partial charge in [0.15, 0.2) is 0 Å². The summed E-state index contributed by atoms with van der Waals surface area (Å²) >= 11 is 0. The molecule has 0 aliphatic heterocycles. The normalized spacial score (nSPS) is 11.9. The highest BCUT2D eigenvalue weighted by molar-refractivity contribution is 5.94. The molecule has 0 bridgehead atoms. The van der Waals surface area contributed by atoms with Crippen LogP contribution in [0.25, 0.3) is 0 Å². The summed E-state index contributed by atoms with van der Waals surface area (Å²) in [4.78, 5) is 21.4. The van der Waals surface area contributed by atoms with Gasteiger partial charge >= 0.3 is 0 Å². The summed E-state index contributed by atoms with van der Waals surface area (Å²) in [6.07, 6.45) is -0.905. The van der Waals surface area contributed by atoms with E-state index in [1.54, 1.807) is 0 Å². The molecular formula is C11H13FN2O5. The van der Waals surface area contributed by atoms with Crippen molar-refractivity contribution in [2.24, 2.45) is 0 Å². The van der Waals surface area contributed by atoms with Crippen LogP contribution in [0.4, 0.5) is 10.1 Å². The summed E-state index contributed by atoms with van der Waals surface area (Å²) in [5.74, 6) is -1.59. The van der Waals surface area contributed by atoms with E-state index in [1.165, 1.54) is 7.11 Å². The van der Waals surface area contributed by atoms with E-state index >= 15 is 0 Å². The fourth-order valence-electron chi connectivity index (χ4n) is 1.37. The molecule has 7 nitrogen and oxygen atoms in total. The molecule has 1 atom stereocenters. The van der Waals surface area contributed by atoms with Gasteiger partial charge in [-0.3, -0.25) is 14.9 Å². The number of nitrogens with one attached hydrogen (secondary N) is 1.